The number of aromatic nitrogens is 3. The standard InChI is InChI=1S/C14H10N4S2/c1-2-4-11-10(3-1)18-12(20-11)7-15-13-9-5-6-19-14(9)17-8-16-13/h1-6,8H,7H2,(H,15,16,17). The summed E-state index contributed by atoms with van der Waals surface area (Å²) in [6.45, 7) is 0.682. The van der Waals surface area contributed by atoms with Crippen LogP contribution >= 0.6 is 22.7 Å². The molecule has 0 unspecified atom stereocenters. The number of thiophene rings is 1. The summed E-state index contributed by atoms with van der Waals surface area (Å²) in [4.78, 5) is 14.2. The number of thiazole rings is 1. The van der Waals surface area contributed by atoms with Crippen molar-refractivity contribution in [3.8, 4) is 0 Å². The molecule has 3 heterocycles. The maximum atomic E-state index is 4.61. The van der Waals surface area contributed by atoms with Gasteiger partial charge in [-0.2, -0.15) is 0 Å². The van der Waals surface area contributed by atoms with E-state index in [1.54, 1.807) is 29.0 Å². The number of para-hydroxylation sites is 1. The van der Waals surface area contributed by atoms with Crippen LogP contribution in [0.4, 0.5) is 5.82 Å². The van der Waals surface area contributed by atoms with Gasteiger partial charge in [-0.25, -0.2) is 15.0 Å². The van der Waals surface area contributed by atoms with E-state index < -0.39 is 0 Å². The van der Waals surface area contributed by atoms with E-state index in [9.17, 15) is 0 Å². The monoisotopic (exact) mass is 298 g/mol. The Morgan fingerprint density at radius 3 is 3.00 bits per heavy atom. The molecule has 3 aromatic heterocycles. The van der Waals surface area contributed by atoms with Crippen LogP contribution in [0, 0.1) is 0 Å². The van der Waals surface area contributed by atoms with Crippen LogP contribution in [0.5, 0.6) is 0 Å². The van der Waals surface area contributed by atoms with Crippen LogP contribution in [0.15, 0.2) is 42.0 Å². The van der Waals surface area contributed by atoms with Crippen LogP contribution in [-0.2, 0) is 6.54 Å². The minimum absolute atomic E-state index is 0.682. The van der Waals surface area contributed by atoms with E-state index in [1.807, 2.05) is 29.6 Å². The predicted molar refractivity (Wildman–Crippen MR) is 84.4 cm³/mol. The Morgan fingerprint density at radius 2 is 2.05 bits per heavy atom. The number of hydrogen-bond acceptors (Lipinski definition) is 6. The summed E-state index contributed by atoms with van der Waals surface area (Å²) < 4.78 is 1.22. The van der Waals surface area contributed by atoms with E-state index in [4.69, 9.17) is 0 Å². The molecule has 6 heteroatoms. The van der Waals surface area contributed by atoms with Gasteiger partial charge in [0.1, 0.15) is 22.0 Å². The lowest BCUT2D eigenvalue weighted by Gasteiger charge is -2.03. The van der Waals surface area contributed by atoms with Crippen molar-refractivity contribution in [3.63, 3.8) is 0 Å². The largest absolute Gasteiger partial charge is 0.363 e. The molecule has 0 saturated heterocycles. The van der Waals surface area contributed by atoms with Gasteiger partial charge in [-0.15, -0.1) is 22.7 Å². The highest BCUT2D eigenvalue weighted by Crippen LogP contribution is 2.25. The molecule has 0 fully saturated rings. The average molecular weight is 298 g/mol. The molecule has 0 radical (unpaired) electrons. The third-order valence-electron chi connectivity index (χ3n) is 3.01. The smallest absolute Gasteiger partial charge is 0.138 e. The summed E-state index contributed by atoms with van der Waals surface area (Å²) in [5.74, 6) is 0.871. The van der Waals surface area contributed by atoms with Gasteiger partial charge in [0, 0.05) is 0 Å². The fourth-order valence-electron chi connectivity index (χ4n) is 2.09. The molecule has 0 bridgehead atoms. The molecule has 0 saturated carbocycles. The summed E-state index contributed by atoms with van der Waals surface area (Å²) in [5.41, 5.74) is 1.05. The zero-order valence-electron chi connectivity index (χ0n) is 10.4. The Labute approximate surface area is 123 Å². The molecule has 0 atom stereocenters. The van der Waals surface area contributed by atoms with Crippen LogP contribution in [0.2, 0.25) is 0 Å². The molecule has 0 aliphatic carbocycles. The minimum Gasteiger partial charge on any atom is -0.363 e. The molecule has 4 rings (SSSR count). The lowest BCUT2D eigenvalue weighted by Crippen LogP contribution is -2.01. The second-order valence-corrected chi connectivity index (χ2v) is 6.30. The van der Waals surface area contributed by atoms with Crippen molar-refractivity contribution in [1.29, 1.82) is 0 Å². The summed E-state index contributed by atoms with van der Waals surface area (Å²) in [5, 5.41) is 7.52. The van der Waals surface area contributed by atoms with E-state index in [0.29, 0.717) is 6.54 Å². The highest BCUT2D eigenvalue weighted by molar-refractivity contribution is 7.18. The Balaban J connectivity index is 1.62. The first-order chi connectivity index (χ1) is 9.90. The molecule has 0 aliphatic rings. The Kier molecular flexibility index (Phi) is 2.82. The Hall–Kier alpha value is -2.05. The van der Waals surface area contributed by atoms with Gasteiger partial charge in [0.2, 0.25) is 0 Å². The van der Waals surface area contributed by atoms with Gasteiger partial charge in [0.05, 0.1) is 22.1 Å². The highest BCUT2D eigenvalue weighted by atomic mass is 32.1. The van der Waals surface area contributed by atoms with Gasteiger partial charge >= 0.3 is 0 Å². The van der Waals surface area contributed by atoms with E-state index in [2.05, 4.69) is 26.3 Å². The number of anilines is 1. The molecule has 98 valence electrons. The van der Waals surface area contributed by atoms with Gasteiger partial charge < -0.3 is 5.32 Å². The van der Waals surface area contributed by atoms with Gasteiger partial charge in [-0.3, -0.25) is 0 Å². The number of benzene rings is 1. The second kappa shape index (κ2) is 4.81. The van der Waals surface area contributed by atoms with E-state index in [0.717, 1.165) is 26.6 Å². The summed E-state index contributed by atoms with van der Waals surface area (Å²) in [6.07, 6.45) is 1.60. The molecule has 20 heavy (non-hydrogen) atoms. The third kappa shape index (κ3) is 2.03. The summed E-state index contributed by atoms with van der Waals surface area (Å²) >= 11 is 3.33. The number of rotatable bonds is 3. The summed E-state index contributed by atoms with van der Waals surface area (Å²) in [6, 6.07) is 10.2. The average Bonchev–Trinajstić information content (AvgIpc) is 3.11. The first kappa shape index (κ1) is 11.7. The molecular weight excluding hydrogens is 288 g/mol. The van der Waals surface area contributed by atoms with Crippen molar-refractivity contribution >= 4 is 48.9 Å². The lowest BCUT2D eigenvalue weighted by molar-refractivity contribution is 1.09. The van der Waals surface area contributed by atoms with E-state index in [1.165, 1.54) is 4.70 Å². The van der Waals surface area contributed by atoms with Crippen molar-refractivity contribution in [1.82, 2.24) is 15.0 Å². The zero-order valence-corrected chi connectivity index (χ0v) is 12.0. The first-order valence-electron chi connectivity index (χ1n) is 6.17. The predicted octanol–water partition coefficient (Wildman–Crippen LogP) is 3.91. The number of nitrogens with one attached hydrogen (secondary N) is 1. The van der Waals surface area contributed by atoms with E-state index >= 15 is 0 Å². The molecular formula is C14H10N4S2. The van der Waals surface area contributed by atoms with Crippen molar-refractivity contribution in [3.05, 3.63) is 47.0 Å². The van der Waals surface area contributed by atoms with Crippen molar-refractivity contribution < 1.29 is 0 Å². The highest BCUT2D eigenvalue weighted by Gasteiger charge is 2.06. The van der Waals surface area contributed by atoms with Gasteiger partial charge in [-0.05, 0) is 23.6 Å². The number of hydrogen-bond donors (Lipinski definition) is 1. The molecule has 1 N–H and O–H groups in total. The normalized spacial score (nSPS) is 11.2. The van der Waals surface area contributed by atoms with Gasteiger partial charge in [0.15, 0.2) is 0 Å². The van der Waals surface area contributed by atoms with Crippen molar-refractivity contribution in [2.75, 3.05) is 5.32 Å². The minimum atomic E-state index is 0.682. The molecule has 0 aliphatic heterocycles. The third-order valence-corrected chi connectivity index (χ3v) is 4.86. The Bertz CT molecular complexity index is 848. The van der Waals surface area contributed by atoms with E-state index in [-0.39, 0.29) is 0 Å². The molecule has 4 nitrogen and oxygen atoms in total. The Morgan fingerprint density at radius 1 is 1.10 bits per heavy atom. The quantitative estimate of drug-likeness (QED) is 0.623. The number of nitrogens with zero attached hydrogens (tertiary/aromatic N) is 3. The first-order valence-corrected chi connectivity index (χ1v) is 7.86. The molecule has 4 aromatic rings. The van der Waals surface area contributed by atoms with Crippen LogP contribution in [-0.4, -0.2) is 15.0 Å². The van der Waals surface area contributed by atoms with Gasteiger partial charge in [-0.1, -0.05) is 12.1 Å². The SMILES string of the molecule is c1ccc2sc(CNc3ncnc4sccc34)nc2c1. The van der Waals surface area contributed by atoms with Crippen LogP contribution in [0.3, 0.4) is 0 Å². The number of fused-ring (bicyclic) bond motifs is 2. The fourth-order valence-corrected chi connectivity index (χ4v) is 3.73. The van der Waals surface area contributed by atoms with Crippen molar-refractivity contribution in [2.45, 2.75) is 6.54 Å². The molecule has 0 amide bonds. The summed E-state index contributed by atoms with van der Waals surface area (Å²) in [7, 11) is 0. The maximum absolute atomic E-state index is 4.61. The van der Waals surface area contributed by atoms with Crippen LogP contribution < -0.4 is 5.32 Å². The topological polar surface area (TPSA) is 50.7 Å². The zero-order chi connectivity index (χ0) is 13.4. The van der Waals surface area contributed by atoms with Gasteiger partial charge in [0.25, 0.3) is 0 Å². The molecule has 0 spiro atoms. The van der Waals surface area contributed by atoms with Crippen LogP contribution in [0.25, 0.3) is 20.4 Å². The fraction of sp³-hybridized carbons (Fsp3) is 0.0714. The second-order valence-electron chi connectivity index (χ2n) is 4.29. The van der Waals surface area contributed by atoms with Crippen molar-refractivity contribution in [2.24, 2.45) is 0 Å². The lowest BCUT2D eigenvalue weighted by atomic mass is 10.3. The molecule has 1 aromatic carbocycles. The van der Waals surface area contributed by atoms with Crippen LogP contribution in [0.1, 0.15) is 5.01 Å². The maximum Gasteiger partial charge on any atom is 0.138 e.